The first-order valence-corrected chi connectivity index (χ1v) is 21.8. The highest BCUT2D eigenvalue weighted by atomic mass is 32.2. The average Bonchev–Trinajstić information content (AvgIpc) is 3.13. The number of aliphatic hydroxyl groups is 3. The third-order valence-electron chi connectivity index (χ3n) is 8.89. The van der Waals surface area contributed by atoms with Crippen LogP contribution < -0.4 is 0 Å². The van der Waals surface area contributed by atoms with Gasteiger partial charge in [0.25, 0.3) is 10.1 Å². The van der Waals surface area contributed by atoms with E-state index >= 15 is 0 Å². The van der Waals surface area contributed by atoms with Gasteiger partial charge in [0.05, 0.1) is 6.61 Å². The van der Waals surface area contributed by atoms with Gasteiger partial charge in [0.15, 0.2) is 12.4 Å². The molecule has 0 amide bonds. The number of unbranched alkanes of at least 4 members (excludes halogenated alkanes) is 12. The van der Waals surface area contributed by atoms with E-state index in [1.807, 2.05) is 0 Å². The molecule has 0 bridgehead atoms. The van der Waals surface area contributed by atoms with Crippen molar-refractivity contribution in [2.75, 3.05) is 19.0 Å². The Labute approximate surface area is 324 Å². The Kier molecular flexibility index (Phi) is 29.2. The molecule has 1 aliphatic heterocycles. The number of aliphatic hydroxyl groups excluding tert-OH is 3. The third kappa shape index (κ3) is 26.4. The predicted molar refractivity (Wildman–Crippen MR) is 210 cm³/mol. The van der Waals surface area contributed by atoms with E-state index in [0.717, 1.165) is 89.9 Å². The summed E-state index contributed by atoms with van der Waals surface area (Å²) in [6.45, 7) is 3.55. The number of carbonyl (C=O) groups is 2. The molecule has 12 nitrogen and oxygen atoms in total. The van der Waals surface area contributed by atoms with Crippen LogP contribution in [0.5, 0.6) is 0 Å². The highest BCUT2D eigenvalue weighted by Gasteiger charge is 2.46. The molecule has 2 unspecified atom stereocenters. The van der Waals surface area contributed by atoms with Crippen LogP contribution in [0.3, 0.4) is 0 Å². The van der Waals surface area contributed by atoms with Gasteiger partial charge in [0, 0.05) is 12.8 Å². The second-order valence-corrected chi connectivity index (χ2v) is 15.4. The average molecular weight is 787 g/mol. The lowest BCUT2D eigenvalue weighted by atomic mass is 10.00. The second kappa shape index (κ2) is 31.8. The minimum absolute atomic E-state index is 0.148. The van der Waals surface area contributed by atoms with Gasteiger partial charge in [-0.25, -0.2) is 0 Å². The molecule has 0 aromatic carbocycles. The monoisotopic (exact) mass is 786 g/mol. The first-order chi connectivity index (χ1) is 26.0. The minimum atomic E-state index is -4.60. The lowest BCUT2D eigenvalue weighted by Crippen LogP contribution is -2.60. The molecule has 0 spiro atoms. The molecule has 1 saturated heterocycles. The maximum Gasteiger partial charge on any atom is 0.306 e. The third-order valence-corrected chi connectivity index (χ3v) is 9.64. The Hall–Kier alpha value is -2.39. The number of allylic oxidation sites excluding steroid dienone is 8. The lowest BCUT2D eigenvalue weighted by Gasteiger charge is -2.40. The highest BCUT2D eigenvalue weighted by molar-refractivity contribution is 7.85. The first-order valence-electron chi connectivity index (χ1n) is 20.2. The van der Waals surface area contributed by atoms with Crippen molar-refractivity contribution in [2.45, 2.75) is 179 Å². The molecular weight excluding hydrogens is 717 g/mol. The normalized spacial score (nSPS) is 21.5. The SMILES string of the molecule is CC/C=C/C/C=C/C/C=C/CCCCCCCC(=O)OC[C@H](CO[C@H]1O[C@H](CS(=O)(=O)O)[C@@H](O)C(O)C1O)OC(=O)CCCCCCC/C=C/CCCC. The minimum Gasteiger partial charge on any atom is -0.462 e. The predicted octanol–water partition coefficient (Wildman–Crippen LogP) is 7.22. The molecule has 0 aromatic heterocycles. The van der Waals surface area contributed by atoms with E-state index in [0.29, 0.717) is 12.8 Å². The van der Waals surface area contributed by atoms with Crippen LogP contribution in [-0.4, -0.2) is 96.0 Å². The van der Waals surface area contributed by atoms with Crippen molar-refractivity contribution in [1.82, 2.24) is 0 Å². The van der Waals surface area contributed by atoms with E-state index in [2.05, 4.69) is 62.5 Å². The molecule has 0 aromatic rings. The van der Waals surface area contributed by atoms with E-state index in [1.54, 1.807) is 0 Å². The number of hydrogen-bond donors (Lipinski definition) is 4. The summed E-state index contributed by atoms with van der Waals surface area (Å²) in [5.41, 5.74) is 0. The molecule has 1 heterocycles. The molecule has 312 valence electrons. The van der Waals surface area contributed by atoms with E-state index in [-0.39, 0.29) is 19.4 Å². The molecule has 1 fully saturated rings. The zero-order chi connectivity index (χ0) is 39.9. The van der Waals surface area contributed by atoms with Crippen molar-refractivity contribution < 1.29 is 56.8 Å². The van der Waals surface area contributed by atoms with Gasteiger partial charge in [-0.15, -0.1) is 0 Å². The zero-order valence-corrected chi connectivity index (χ0v) is 33.6. The molecule has 1 rings (SSSR count). The van der Waals surface area contributed by atoms with Crippen LogP contribution in [0.1, 0.15) is 142 Å². The van der Waals surface area contributed by atoms with Crippen molar-refractivity contribution >= 4 is 22.1 Å². The Morgan fingerprint density at radius 3 is 1.76 bits per heavy atom. The lowest BCUT2D eigenvalue weighted by molar-refractivity contribution is -0.297. The second-order valence-electron chi connectivity index (χ2n) is 13.9. The largest absolute Gasteiger partial charge is 0.462 e. The zero-order valence-electron chi connectivity index (χ0n) is 32.8. The smallest absolute Gasteiger partial charge is 0.306 e. The van der Waals surface area contributed by atoms with Gasteiger partial charge in [0.2, 0.25) is 0 Å². The van der Waals surface area contributed by atoms with Crippen LogP contribution in [0, 0.1) is 0 Å². The fraction of sp³-hybridized carbons (Fsp3) is 0.756. The summed E-state index contributed by atoms with van der Waals surface area (Å²) >= 11 is 0. The standard InChI is InChI=1S/C41H70O12S/c1-3-5-7-9-11-13-15-16-17-18-20-21-23-25-27-29-36(42)50-31-34(52-37(43)30-28-26-24-22-19-14-12-10-8-6-4-2)32-51-41-40(46)39(45)38(44)35(53-41)33-54(47,48)49/h5,7,10-13,16-17,34-35,38-41,44-46H,3-4,6,8-9,14-15,18-33H2,1-2H3,(H,47,48,49)/b7-5+,12-10+,13-11+,17-16+/t34-,35-,38-,39?,40?,41+/m1/s1. The van der Waals surface area contributed by atoms with E-state index in [1.165, 1.54) is 12.8 Å². The highest BCUT2D eigenvalue weighted by Crippen LogP contribution is 2.24. The number of hydrogen-bond acceptors (Lipinski definition) is 11. The van der Waals surface area contributed by atoms with Gasteiger partial charge in [-0.3, -0.25) is 14.1 Å². The Morgan fingerprint density at radius 2 is 1.17 bits per heavy atom. The van der Waals surface area contributed by atoms with Gasteiger partial charge in [-0.05, 0) is 64.2 Å². The Bertz CT molecular complexity index is 1200. The molecule has 54 heavy (non-hydrogen) atoms. The van der Waals surface area contributed by atoms with E-state index in [4.69, 9.17) is 18.9 Å². The molecule has 0 radical (unpaired) electrons. The van der Waals surface area contributed by atoms with E-state index < -0.39 is 71.2 Å². The molecule has 0 saturated carbocycles. The number of rotatable bonds is 32. The van der Waals surface area contributed by atoms with Gasteiger partial charge in [-0.1, -0.05) is 114 Å². The van der Waals surface area contributed by atoms with Crippen molar-refractivity contribution in [3.63, 3.8) is 0 Å². The fourth-order valence-electron chi connectivity index (χ4n) is 5.73. The van der Waals surface area contributed by atoms with Crippen LogP contribution in [-0.2, 0) is 38.7 Å². The Balaban J connectivity index is 2.51. The van der Waals surface area contributed by atoms with Crippen LogP contribution >= 0.6 is 0 Å². The fourth-order valence-corrected chi connectivity index (χ4v) is 6.42. The van der Waals surface area contributed by atoms with Crippen LogP contribution in [0.15, 0.2) is 48.6 Å². The summed E-state index contributed by atoms with van der Waals surface area (Å²) in [6.07, 6.45) is 26.0. The first kappa shape index (κ1) is 49.6. The van der Waals surface area contributed by atoms with E-state index in [9.17, 15) is 37.9 Å². The summed E-state index contributed by atoms with van der Waals surface area (Å²) in [7, 11) is -4.60. The molecule has 13 heteroatoms. The van der Waals surface area contributed by atoms with Crippen LogP contribution in [0.25, 0.3) is 0 Å². The van der Waals surface area contributed by atoms with Crippen LogP contribution in [0.4, 0.5) is 0 Å². The summed E-state index contributed by atoms with van der Waals surface area (Å²) in [6, 6.07) is 0. The van der Waals surface area contributed by atoms with Gasteiger partial charge in [0.1, 0.15) is 36.8 Å². The van der Waals surface area contributed by atoms with Crippen molar-refractivity contribution in [1.29, 1.82) is 0 Å². The number of carbonyl (C=O) groups excluding carboxylic acids is 2. The van der Waals surface area contributed by atoms with Gasteiger partial charge < -0.3 is 34.3 Å². The molecular formula is C41H70O12S. The summed E-state index contributed by atoms with van der Waals surface area (Å²) < 4.78 is 53.8. The summed E-state index contributed by atoms with van der Waals surface area (Å²) in [4.78, 5) is 25.3. The Morgan fingerprint density at radius 1 is 0.648 bits per heavy atom. The molecule has 1 aliphatic rings. The number of ether oxygens (including phenoxy) is 4. The van der Waals surface area contributed by atoms with Crippen molar-refractivity contribution in [3.05, 3.63) is 48.6 Å². The topological polar surface area (TPSA) is 186 Å². The summed E-state index contributed by atoms with van der Waals surface area (Å²) in [5, 5.41) is 30.8. The number of esters is 2. The van der Waals surface area contributed by atoms with Crippen LogP contribution in [0.2, 0.25) is 0 Å². The van der Waals surface area contributed by atoms with Crippen molar-refractivity contribution in [2.24, 2.45) is 0 Å². The molecule has 4 N–H and O–H groups in total. The van der Waals surface area contributed by atoms with Gasteiger partial charge >= 0.3 is 11.9 Å². The van der Waals surface area contributed by atoms with Gasteiger partial charge in [-0.2, -0.15) is 8.42 Å². The quantitative estimate of drug-likeness (QED) is 0.0233. The molecule has 6 atom stereocenters. The maximum absolute atomic E-state index is 12.7. The molecule has 0 aliphatic carbocycles. The van der Waals surface area contributed by atoms with Crippen molar-refractivity contribution in [3.8, 4) is 0 Å². The summed E-state index contributed by atoms with van der Waals surface area (Å²) in [5.74, 6) is -2.02. The maximum atomic E-state index is 12.7.